The Morgan fingerprint density at radius 2 is 1.09 bits per heavy atom. The van der Waals surface area contributed by atoms with Crippen molar-refractivity contribution in [3.05, 3.63) is 73.8 Å². The Bertz CT molecular complexity index is 836. The molecule has 0 saturated carbocycles. The Hall–Kier alpha value is -3.27. The van der Waals surface area contributed by atoms with Crippen LogP contribution >= 0.6 is 11.8 Å². The average molecular weight is 475 g/mol. The van der Waals surface area contributed by atoms with Crippen LogP contribution in [0.1, 0.15) is 0 Å². The Morgan fingerprint density at radius 1 is 0.727 bits per heavy atom. The topological polar surface area (TPSA) is 112 Å². The van der Waals surface area contributed by atoms with Crippen LogP contribution in [-0.4, -0.2) is 60.8 Å². The second kappa shape index (κ2) is 14.0. The third-order valence-corrected chi connectivity index (χ3v) is 4.95. The molecule has 2 unspecified atom stereocenters. The van der Waals surface area contributed by atoms with Gasteiger partial charge in [-0.05, 0) is 48.5 Å². The standard InChI is InChI=1S/C24H26O8S/c1-3-23(27)31-15-17(25)13-29-19-5-9-21(10-6-19)33-22-11-7-20(8-12-22)30-14-18(26)16-32-24(28)4-2/h3-12,17-18,25-26H,1-2,13-16H2. The molecule has 0 aliphatic carbocycles. The lowest BCUT2D eigenvalue weighted by atomic mass is 10.3. The predicted octanol–water partition coefficient (Wildman–Crippen LogP) is 2.78. The number of hydrogen-bond acceptors (Lipinski definition) is 9. The minimum absolute atomic E-state index is 0.0102. The molecular formula is C24H26O8S. The van der Waals surface area contributed by atoms with Crippen LogP contribution in [0.4, 0.5) is 0 Å². The summed E-state index contributed by atoms with van der Waals surface area (Å²) < 4.78 is 20.5. The molecule has 2 aromatic rings. The smallest absolute Gasteiger partial charge is 0.330 e. The van der Waals surface area contributed by atoms with Crippen LogP contribution in [0.25, 0.3) is 0 Å². The minimum Gasteiger partial charge on any atom is -0.491 e. The zero-order valence-electron chi connectivity index (χ0n) is 17.9. The van der Waals surface area contributed by atoms with Crippen molar-refractivity contribution in [2.24, 2.45) is 0 Å². The highest BCUT2D eigenvalue weighted by atomic mass is 32.2. The van der Waals surface area contributed by atoms with Gasteiger partial charge in [0.1, 0.15) is 50.1 Å². The van der Waals surface area contributed by atoms with E-state index in [1.807, 2.05) is 24.3 Å². The number of ether oxygens (including phenoxy) is 4. The second-order valence-electron chi connectivity index (χ2n) is 6.64. The van der Waals surface area contributed by atoms with Crippen molar-refractivity contribution >= 4 is 23.7 Å². The first-order chi connectivity index (χ1) is 15.9. The van der Waals surface area contributed by atoms with Gasteiger partial charge in [-0.15, -0.1) is 0 Å². The fourth-order valence-electron chi connectivity index (χ4n) is 2.30. The molecule has 0 spiro atoms. The van der Waals surface area contributed by atoms with E-state index in [0.717, 1.165) is 21.9 Å². The van der Waals surface area contributed by atoms with Crippen LogP contribution in [-0.2, 0) is 19.1 Å². The summed E-state index contributed by atoms with van der Waals surface area (Å²) in [5.41, 5.74) is 0. The molecule has 0 fully saturated rings. The number of hydrogen-bond donors (Lipinski definition) is 2. The molecule has 33 heavy (non-hydrogen) atoms. The maximum absolute atomic E-state index is 11.0. The van der Waals surface area contributed by atoms with Crippen LogP contribution in [0.15, 0.2) is 83.6 Å². The first-order valence-electron chi connectivity index (χ1n) is 9.97. The van der Waals surface area contributed by atoms with E-state index in [0.29, 0.717) is 11.5 Å². The number of carbonyl (C=O) groups excluding carboxylic acids is 2. The van der Waals surface area contributed by atoms with Gasteiger partial charge >= 0.3 is 11.9 Å². The number of aliphatic hydroxyl groups excluding tert-OH is 2. The largest absolute Gasteiger partial charge is 0.491 e. The Balaban J connectivity index is 1.74. The fourth-order valence-corrected chi connectivity index (χ4v) is 3.12. The summed E-state index contributed by atoms with van der Waals surface area (Å²) in [6, 6.07) is 14.7. The van der Waals surface area contributed by atoms with Crippen molar-refractivity contribution in [3.8, 4) is 11.5 Å². The van der Waals surface area contributed by atoms with E-state index in [9.17, 15) is 19.8 Å². The predicted molar refractivity (Wildman–Crippen MR) is 122 cm³/mol. The molecule has 0 bridgehead atoms. The summed E-state index contributed by atoms with van der Waals surface area (Å²) in [5.74, 6) is -0.0395. The average Bonchev–Trinajstić information content (AvgIpc) is 2.84. The first-order valence-corrected chi connectivity index (χ1v) is 10.8. The van der Waals surface area contributed by atoms with Crippen LogP contribution in [0.5, 0.6) is 11.5 Å². The zero-order valence-corrected chi connectivity index (χ0v) is 18.7. The third-order valence-electron chi connectivity index (χ3n) is 3.94. The summed E-state index contributed by atoms with van der Waals surface area (Å²) in [6.45, 7) is 6.21. The van der Waals surface area contributed by atoms with E-state index in [1.165, 1.54) is 11.8 Å². The van der Waals surface area contributed by atoms with Crippen molar-refractivity contribution in [2.45, 2.75) is 22.0 Å². The van der Waals surface area contributed by atoms with Crippen LogP contribution < -0.4 is 9.47 Å². The number of aliphatic hydroxyl groups is 2. The van der Waals surface area contributed by atoms with Crippen molar-refractivity contribution in [1.29, 1.82) is 0 Å². The van der Waals surface area contributed by atoms with Gasteiger partial charge in [0.25, 0.3) is 0 Å². The molecule has 0 saturated heterocycles. The van der Waals surface area contributed by atoms with Crippen LogP contribution in [0.3, 0.4) is 0 Å². The van der Waals surface area contributed by atoms with Gasteiger partial charge in [0.2, 0.25) is 0 Å². The highest BCUT2D eigenvalue weighted by Crippen LogP contribution is 2.30. The molecule has 0 aliphatic rings. The summed E-state index contributed by atoms with van der Waals surface area (Å²) in [6.07, 6.45) is 0.182. The van der Waals surface area contributed by atoms with E-state index in [1.54, 1.807) is 24.3 Å². The molecule has 0 aliphatic heterocycles. The molecular weight excluding hydrogens is 448 g/mol. The molecule has 176 valence electrons. The van der Waals surface area contributed by atoms with Gasteiger partial charge in [0.15, 0.2) is 0 Å². The molecule has 9 heteroatoms. The van der Waals surface area contributed by atoms with Crippen molar-refractivity contribution in [3.63, 3.8) is 0 Å². The van der Waals surface area contributed by atoms with Gasteiger partial charge < -0.3 is 29.2 Å². The number of benzene rings is 2. The van der Waals surface area contributed by atoms with Gasteiger partial charge in [-0.3, -0.25) is 0 Å². The fraction of sp³-hybridized carbons (Fsp3) is 0.250. The Morgan fingerprint density at radius 3 is 1.42 bits per heavy atom. The van der Waals surface area contributed by atoms with Crippen molar-refractivity contribution in [1.82, 2.24) is 0 Å². The van der Waals surface area contributed by atoms with Crippen LogP contribution in [0.2, 0.25) is 0 Å². The van der Waals surface area contributed by atoms with Crippen LogP contribution in [0, 0.1) is 0 Å². The molecule has 0 aromatic heterocycles. The molecule has 0 radical (unpaired) electrons. The second-order valence-corrected chi connectivity index (χ2v) is 7.79. The molecule has 0 heterocycles. The quantitative estimate of drug-likeness (QED) is 0.315. The molecule has 2 N–H and O–H groups in total. The van der Waals surface area contributed by atoms with E-state index >= 15 is 0 Å². The lowest BCUT2D eigenvalue weighted by Gasteiger charge is -2.13. The highest BCUT2D eigenvalue weighted by Gasteiger charge is 2.09. The molecule has 2 atom stereocenters. The van der Waals surface area contributed by atoms with Gasteiger partial charge in [0, 0.05) is 21.9 Å². The van der Waals surface area contributed by atoms with Crippen molar-refractivity contribution < 1.29 is 38.7 Å². The monoisotopic (exact) mass is 474 g/mol. The number of esters is 2. The molecule has 8 nitrogen and oxygen atoms in total. The number of carbonyl (C=O) groups is 2. The molecule has 2 rings (SSSR count). The van der Waals surface area contributed by atoms with E-state index < -0.39 is 24.1 Å². The highest BCUT2D eigenvalue weighted by molar-refractivity contribution is 7.99. The SMILES string of the molecule is C=CC(=O)OCC(O)COc1ccc(Sc2ccc(OCC(O)COC(=O)C=C)cc2)cc1. The minimum atomic E-state index is -0.938. The summed E-state index contributed by atoms with van der Waals surface area (Å²) >= 11 is 1.54. The van der Waals surface area contributed by atoms with E-state index in [4.69, 9.17) is 18.9 Å². The Kier molecular flexibility index (Phi) is 11.0. The maximum atomic E-state index is 11.0. The molecule has 0 amide bonds. The number of rotatable bonds is 14. The Labute approximate surface area is 196 Å². The van der Waals surface area contributed by atoms with Gasteiger partial charge in [-0.25, -0.2) is 9.59 Å². The summed E-state index contributed by atoms with van der Waals surface area (Å²) in [5, 5.41) is 19.5. The summed E-state index contributed by atoms with van der Waals surface area (Å²) in [7, 11) is 0. The van der Waals surface area contributed by atoms with Gasteiger partial charge in [-0.2, -0.15) is 0 Å². The van der Waals surface area contributed by atoms with E-state index in [2.05, 4.69) is 13.2 Å². The first kappa shape index (κ1) is 26.0. The van der Waals surface area contributed by atoms with Crippen molar-refractivity contribution in [2.75, 3.05) is 26.4 Å². The zero-order chi connectivity index (χ0) is 24.1. The normalized spacial score (nSPS) is 12.2. The molecule has 2 aromatic carbocycles. The lowest BCUT2D eigenvalue weighted by Crippen LogP contribution is -2.24. The van der Waals surface area contributed by atoms with E-state index in [-0.39, 0.29) is 26.4 Å². The summed E-state index contributed by atoms with van der Waals surface area (Å²) in [4.78, 5) is 23.9. The van der Waals surface area contributed by atoms with Gasteiger partial charge in [0.05, 0.1) is 0 Å². The van der Waals surface area contributed by atoms with Gasteiger partial charge in [-0.1, -0.05) is 24.9 Å². The third kappa shape index (κ3) is 10.3. The maximum Gasteiger partial charge on any atom is 0.330 e. The lowest BCUT2D eigenvalue weighted by molar-refractivity contribution is -0.142.